The zero-order valence-electron chi connectivity index (χ0n) is 28.6. The molecule has 0 amide bonds. The van der Waals surface area contributed by atoms with E-state index in [-0.39, 0.29) is 18.3 Å². The standard InChI is InChI=1S/C39H38ClN6O5/c1-4-8-32-44(22-27-9-6-5-7-10-27)19-20-45(32)35-34-36(43-39(40)42-35)46(24-41-34)33-21-30(51-38(48)29-17-13-26(3)14-18-29)31(50-33)23-49-37(47)28-15-11-25(2)12-16-28/h5-7,9-20,24,30-31,33H,4,8,21-23H2,1-3H3/q+1/t30-,31+,33+/m0/s1. The summed E-state index contributed by atoms with van der Waals surface area (Å²) in [4.78, 5) is 40.1. The molecule has 0 spiro atoms. The van der Waals surface area contributed by atoms with Gasteiger partial charge < -0.3 is 14.2 Å². The van der Waals surface area contributed by atoms with Gasteiger partial charge in [0.2, 0.25) is 5.28 Å². The Balaban J connectivity index is 1.18. The van der Waals surface area contributed by atoms with Gasteiger partial charge in [0.25, 0.3) is 11.6 Å². The molecule has 260 valence electrons. The molecule has 0 radical (unpaired) electrons. The predicted molar refractivity (Wildman–Crippen MR) is 190 cm³/mol. The van der Waals surface area contributed by atoms with Crippen molar-refractivity contribution in [3.63, 3.8) is 0 Å². The van der Waals surface area contributed by atoms with E-state index < -0.39 is 30.4 Å². The van der Waals surface area contributed by atoms with E-state index in [0.717, 1.165) is 29.8 Å². The molecule has 0 N–H and O–H groups in total. The minimum absolute atomic E-state index is 0.0499. The van der Waals surface area contributed by atoms with Crippen LogP contribution in [0.3, 0.4) is 0 Å². The fourth-order valence-electron chi connectivity index (χ4n) is 6.29. The number of hydrogen-bond donors (Lipinski definition) is 0. The quantitative estimate of drug-likeness (QED) is 0.0848. The molecule has 0 bridgehead atoms. The van der Waals surface area contributed by atoms with Gasteiger partial charge >= 0.3 is 11.9 Å². The zero-order valence-corrected chi connectivity index (χ0v) is 29.4. The highest BCUT2D eigenvalue weighted by molar-refractivity contribution is 6.28. The third-order valence-electron chi connectivity index (χ3n) is 8.98. The normalized spacial score (nSPS) is 17.1. The third-order valence-corrected chi connectivity index (χ3v) is 9.15. The number of nitrogens with zero attached hydrogens (tertiary/aromatic N) is 6. The molecule has 1 aliphatic rings. The fraction of sp³-hybridized carbons (Fsp3) is 0.282. The fourth-order valence-corrected chi connectivity index (χ4v) is 6.45. The van der Waals surface area contributed by atoms with Crippen LogP contribution >= 0.6 is 11.6 Å². The summed E-state index contributed by atoms with van der Waals surface area (Å²) in [6.45, 7) is 6.60. The predicted octanol–water partition coefficient (Wildman–Crippen LogP) is 6.55. The molecule has 0 unspecified atom stereocenters. The summed E-state index contributed by atoms with van der Waals surface area (Å²) in [7, 11) is 0. The first-order valence-corrected chi connectivity index (χ1v) is 17.4. The van der Waals surface area contributed by atoms with E-state index in [0.29, 0.717) is 34.7 Å². The number of carbonyl (C=O) groups excluding carboxylic acids is 2. The van der Waals surface area contributed by atoms with Crippen molar-refractivity contribution in [2.45, 2.75) is 65.0 Å². The number of fused-ring (bicyclic) bond motifs is 1. The number of rotatable bonds is 11. The van der Waals surface area contributed by atoms with Crippen molar-refractivity contribution >= 4 is 34.7 Å². The molecule has 3 atom stereocenters. The van der Waals surface area contributed by atoms with E-state index in [1.807, 2.05) is 73.3 Å². The van der Waals surface area contributed by atoms with Gasteiger partial charge in [0, 0.05) is 12.8 Å². The monoisotopic (exact) mass is 705 g/mol. The van der Waals surface area contributed by atoms with Crippen molar-refractivity contribution in [3.8, 4) is 5.82 Å². The van der Waals surface area contributed by atoms with Gasteiger partial charge in [-0.25, -0.2) is 19.1 Å². The van der Waals surface area contributed by atoms with E-state index in [1.54, 1.807) is 35.2 Å². The average molecular weight is 706 g/mol. The summed E-state index contributed by atoms with van der Waals surface area (Å²) in [6.07, 6.45) is 5.46. The van der Waals surface area contributed by atoms with Crippen LogP contribution < -0.4 is 4.57 Å². The van der Waals surface area contributed by atoms with E-state index in [2.05, 4.69) is 33.6 Å². The number of benzene rings is 3. The molecule has 1 aliphatic heterocycles. The largest absolute Gasteiger partial charge is 0.459 e. The Morgan fingerprint density at radius 2 is 1.63 bits per heavy atom. The van der Waals surface area contributed by atoms with Crippen molar-refractivity contribution in [1.29, 1.82) is 0 Å². The number of halogens is 1. The number of ether oxygens (including phenoxy) is 3. The first kappa shape index (κ1) is 34.1. The van der Waals surface area contributed by atoms with Crippen molar-refractivity contribution in [2.75, 3.05) is 6.61 Å². The van der Waals surface area contributed by atoms with E-state index in [9.17, 15) is 9.59 Å². The molecule has 6 aromatic rings. The lowest BCUT2D eigenvalue weighted by molar-refractivity contribution is -0.695. The average Bonchev–Trinajstić information content (AvgIpc) is 3.85. The summed E-state index contributed by atoms with van der Waals surface area (Å²) in [5.41, 5.74) is 5.06. The van der Waals surface area contributed by atoms with Crippen LogP contribution in [-0.2, 0) is 27.2 Å². The van der Waals surface area contributed by atoms with Crippen molar-refractivity contribution in [3.05, 3.63) is 137 Å². The van der Waals surface area contributed by atoms with Gasteiger partial charge in [-0.1, -0.05) is 72.6 Å². The highest BCUT2D eigenvalue weighted by Gasteiger charge is 2.41. The van der Waals surface area contributed by atoms with Crippen LogP contribution in [0, 0.1) is 13.8 Å². The lowest BCUT2D eigenvalue weighted by Crippen LogP contribution is -2.37. The summed E-state index contributed by atoms with van der Waals surface area (Å²) >= 11 is 6.58. The lowest BCUT2D eigenvalue weighted by Gasteiger charge is -2.19. The lowest BCUT2D eigenvalue weighted by atomic mass is 10.1. The number of aromatic nitrogens is 6. The molecular weight excluding hydrogens is 668 g/mol. The van der Waals surface area contributed by atoms with Crippen LogP contribution in [0.2, 0.25) is 5.28 Å². The summed E-state index contributed by atoms with van der Waals surface area (Å²) in [5.74, 6) is 0.592. The van der Waals surface area contributed by atoms with E-state index in [1.165, 1.54) is 5.56 Å². The first-order valence-electron chi connectivity index (χ1n) is 17.0. The zero-order chi connectivity index (χ0) is 35.5. The van der Waals surface area contributed by atoms with Crippen LogP contribution in [0.1, 0.15) is 69.2 Å². The van der Waals surface area contributed by atoms with Gasteiger partial charge in [-0.15, -0.1) is 0 Å². The second-order valence-electron chi connectivity index (χ2n) is 12.7. The van der Waals surface area contributed by atoms with E-state index >= 15 is 0 Å². The molecule has 0 aliphatic carbocycles. The van der Waals surface area contributed by atoms with Gasteiger partial charge in [0.1, 0.15) is 44.0 Å². The topological polar surface area (TPSA) is 114 Å². The van der Waals surface area contributed by atoms with Crippen molar-refractivity contribution in [1.82, 2.24) is 24.1 Å². The number of hydrogen-bond acceptors (Lipinski definition) is 8. The number of aryl methyl sites for hydroxylation is 2. The Morgan fingerprint density at radius 3 is 2.31 bits per heavy atom. The summed E-state index contributed by atoms with van der Waals surface area (Å²) in [5, 5.41) is 0.0499. The Hall–Kier alpha value is -5.39. The molecule has 1 saturated heterocycles. The maximum atomic E-state index is 13.3. The van der Waals surface area contributed by atoms with Gasteiger partial charge in [-0.05, 0) is 61.7 Å². The molecule has 0 saturated carbocycles. The molecule has 11 nitrogen and oxygen atoms in total. The molecule has 3 aromatic carbocycles. The minimum Gasteiger partial charge on any atom is -0.459 e. The van der Waals surface area contributed by atoms with Gasteiger partial charge in [0.05, 0.1) is 17.5 Å². The number of esters is 2. The Kier molecular flexibility index (Phi) is 9.92. The second-order valence-corrected chi connectivity index (χ2v) is 13.1. The summed E-state index contributed by atoms with van der Waals surface area (Å²) in [6, 6.07) is 24.5. The number of imidazole rings is 2. The van der Waals surface area contributed by atoms with Crippen LogP contribution in [0.4, 0.5) is 0 Å². The Morgan fingerprint density at radius 1 is 0.941 bits per heavy atom. The van der Waals surface area contributed by atoms with Crippen LogP contribution in [0.5, 0.6) is 0 Å². The molecule has 51 heavy (non-hydrogen) atoms. The molecule has 3 aromatic heterocycles. The SMILES string of the molecule is CCCc1n(-c2nc(Cl)nc3c2ncn3[C@H]2C[C@H](OC(=O)c3ccc(C)cc3)[C@@H](COC(=O)c3ccc(C)cc3)O2)cc[n+]1Cc1ccccc1. The van der Waals surface area contributed by atoms with Gasteiger partial charge in [0.15, 0.2) is 11.2 Å². The van der Waals surface area contributed by atoms with Crippen LogP contribution in [-0.4, -0.2) is 54.8 Å². The summed E-state index contributed by atoms with van der Waals surface area (Å²) < 4.78 is 24.1. The third kappa shape index (κ3) is 7.40. The smallest absolute Gasteiger partial charge is 0.338 e. The van der Waals surface area contributed by atoms with E-state index in [4.69, 9.17) is 30.8 Å². The first-order chi connectivity index (χ1) is 24.8. The maximum absolute atomic E-state index is 13.3. The van der Waals surface area contributed by atoms with Gasteiger partial charge in [-0.3, -0.25) is 4.57 Å². The van der Waals surface area contributed by atoms with Crippen LogP contribution in [0.25, 0.3) is 17.0 Å². The molecule has 12 heteroatoms. The van der Waals surface area contributed by atoms with Crippen molar-refractivity contribution < 1.29 is 28.4 Å². The Bertz CT molecular complexity index is 2160. The molecular formula is C39H38ClN6O5+. The van der Waals surface area contributed by atoms with Crippen LogP contribution in [0.15, 0.2) is 97.6 Å². The number of carbonyl (C=O) groups is 2. The highest BCUT2D eigenvalue weighted by Crippen LogP contribution is 2.35. The Labute approximate surface area is 300 Å². The molecule has 4 heterocycles. The highest BCUT2D eigenvalue weighted by atomic mass is 35.5. The second kappa shape index (κ2) is 14.8. The van der Waals surface area contributed by atoms with Gasteiger partial charge in [-0.2, -0.15) is 14.5 Å². The molecule has 1 fully saturated rings. The minimum atomic E-state index is -0.759. The molecule has 7 rings (SSSR count). The maximum Gasteiger partial charge on any atom is 0.338 e. The van der Waals surface area contributed by atoms with Crippen molar-refractivity contribution in [2.24, 2.45) is 0 Å².